The smallest absolute Gasteiger partial charge is 0.123 e. The maximum absolute atomic E-state index is 5.33. The molecule has 0 aliphatic carbocycles. The van der Waals surface area contributed by atoms with Crippen molar-refractivity contribution in [3.8, 4) is 5.75 Å². The number of rotatable bonds is 5. The van der Waals surface area contributed by atoms with Crippen LogP contribution in [0.2, 0.25) is 0 Å². The fraction of sp³-hybridized carbons (Fsp3) is 0.308. The maximum atomic E-state index is 5.33. The molecule has 0 spiro atoms. The molecule has 2 aromatic rings. The van der Waals surface area contributed by atoms with E-state index in [0.29, 0.717) is 0 Å². The van der Waals surface area contributed by atoms with Crippen LogP contribution >= 0.6 is 0 Å². The van der Waals surface area contributed by atoms with Gasteiger partial charge in [0.2, 0.25) is 0 Å². The summed E-state index contributed by atoms with van der Waals surface area (Å²) in [6.45, 7) is 3.64. The second-order valence-electron chi connectivity index (χ2n) is 4.00. The van der Waals surface area contributed by atoms with Gasteiger partial charge in [-0.05, 0) is 19.1 Å². The number of aromatic nitrogens is 2. The zero-order chi connectivity index (χ0) is 12.1. The summed E-state index contributed by atoms with van der Waals surface area (Å²) in [6, 6.07) is 8.15. The van der Waals surface area contributed by atoms with Crippen LogP contribution in [0.5, 0.6) is 5.75 Å². The van der Waals surface area contributed by atoms with Crippen LogP contribution in [0.4, 0.5) is 0 Å². The number of benzene rings is 1. The third kappa shape index (κ3) is 3.07. The normalized spacial score (nSPS) is 10.5. The highest BCUT2D eigenvalue weighted by Gasteiger charge is 2.02. The molecule has 90 valence electrons. The largest absolute Gasteiger partial charge is 0.496 e. The number of aryl methyl sites for hydroxylation is 1. The van der Waals surface area contributed by atoms with Gasteiger partial charge < -0.3 is 10.1 Å². The van der Waals surface area contributed by atoms with E-state index in [1.54, 1.807) is 13.3 Å². The summed E-state index contributed by atoms with van der Waals surface area (Å²) in [5, 5.41) is 10.2. The number of hydrogen-bond donors (Lipinski definition) is 2. The van der Waals surface area contributed by atoms with Crippen LogP contribution in [-0.4, -0.2) is 17.3 Å². The fourth-order valence-electron chi connectivity index (χ4n) is 1.76. The number of ether oxygens (including phenoxy) is 1. The molecule has 17 heavy (non-hydrogen) atoms. The van der Waals surface area contributed by atoms with Crippen molar-refractivity contribution >= 4 is 0 Å². The van der Waals surface area contributed by atoms with Gasteiger partial charge in [0.25, 0.3) is 0 Å². The zero-order valence-electron chi connectivity index (χ0n) is 10.2. The number of nitrogens with one attached hydrogen (secondary N) is 2. The van der Waals surface area contributed by atoms with Crippen LogP contribution in [0.25, 0.3) is 0 Å². The van der Waals surface area contributed by atoms with E-state index in [-0.39, 0.29) is 0 Å². The van der Waals surface area contributed by atoms with E-state index < -0.39 is 0 Å². The topological polar surface area (TPSA) is 49.9 Å². The predicted octanol–water partition coefficient (Wildman–Crippen LogP) is 2.02. The molecule has 2 N–H and O–H groups in total. The summed E-state index contributed by atoms with van der Waals surface area (Å²) >= 11 is 0. The molecule has 1 heterocycles. The first-order chi connectivity index (χ1) is 8.29. The van der Waals surface area contributed by atoms with Gasteiger partial charge >= 0.3 is 0 Å². The standard InChI is InChI=1S/C13H17N3O/c1-10-3-4-13(17-2)11(7-10)8-14-9-12-5-6-15-16-12/h3-7,14H,8-9H2,1-2H3,(H,15,16). The quantitative estimate of drug-likeness (QED) is 0.827. The zero-order valence-corrected chi connectivity index (χ0v) is 10.2. The van der Waals surface area contributed by atoms with Crippen LogP contribution in [0.15, 0.2) is 30.5 Å². The summed E-state index contributed by atoms with van der Waals surface area (Å²) in [4.78, 5) is 0. The van der Waals surface area contributed by atoms with Crippen molar-refractivity contribution in [2.45, 2.75) is 20.0 Å². The number of aromatic amines is 1. The minimum Gasteiger partial charge on any atom is -0.496 e. The first-order valence-corrected chi connectivity index (χ1v) is 5.62. The Morgan fingerprint density at radius 1 is 1.29 bits per heavy atom. The fourth-order valence-corrected chi connectivity index (χ4v) is 1.76. The highest BCUT2D eigenvalue weighted by atomic mass is 16.5. The van der Waals surface area contributed by atoms with Gasteiger partial charge in [-0.2, -0.15) is 5.10 Å². The van der Waals surface area contributed by atoms with Gasteiger partial charge in [-0.1, -0.05) is 17.7 Å². The lowest BCUT2D eigenvalue weighted by Crippen LogP contribution is -2.13. The molecular formula is C13H17N3O. The predicted molar refractivity (Wildman–Crippen MR) is 66.9 cm³/mol. The average molecular weight is 231 g/mol. The second kappa shape index (κ2) is 5.50. The van der Waals surface area contributed by atoms with Crippen LogP contribution in [0, 0.1) is 6.92 Å². The van der Waals surface area contributed by atoms with Gasteiger partial charge in [0.15, 0.2) is 0 Å². The second-order valence-corrected chi connectivity index (χ2v) is 4.00. The Labute approximate surface area is 101 Å². The van der Waals surface area contributed by atoms with E-state index in [1.165, 1.54) is 11.1 Å². The average Bonchev–Trinajstić information content (AvgIpc) is 2.82. The summed E-state index contributed by atoms with van der Waals surface area (Å²) in [6.07, 6.45) is 1.75. The van der Waals surface area contributed by atoms with Crippen molar-refractivity contribution in [3.05, 3.63) is 47.3 Å². The van der Waals surface area contributed by atoms with E-state index >= 15 is 0 Å². The molecule has 4 nitrogen and oxygen atoms in total. The van der Waals surface area contributed by atoms with Crippen LogP contribution in [0.1, 0.15) is 16.8 Å². The van der Waals surface area contributed by atoms with Crippen LogP contribution < -0.4 is 10.1 Å². The Kier molecular flexibility index (Phi) is 3.77. The molecule has 0 saturated carbocycles. The van der Waals surface area contributed by atoms with Crippen molar-refractivity contribution in [1.29, 1.82) is 0 Å². The van der Waals surface area contributed by atoms with E-state index in [4.69, 9.17) is 4.74 Å². The Balaban J connectivity index is 1.96. The number of hydrogen-bond acceptors (Lipinski definition) is 3. The molecule has 0 fully saturated rings. The summed E-state index contributed by atoms with van der Waals surface area (Å²) < 4.78 is 5.33. The third-order valence-corrected chi connectivity index (χ3v) is 2.63. The minimum atomic E-state index is 0.775. The number of nitrogens with zero attached hydrogens (tertiary/aromatic N) is 1. The molecule has 0 unspecified atom stereocenters. The van der Waals surface area contributed by atoms with Crippen LogP contribution in [0.3, 0.4) is 0 Å². The lowest BCUT2D eigenvalue weighted by Gasteiger charge is -2.10. The molecular weight excluding hydrogens is 214 g/mol. The molecule has 1 aromatic heterocycles. The molecule has 4 heteroatoms. The molecule has 0 radical (unpaired) electrons. The van der Waals surface area contributed by atoms with E-state index in [0.717, 1.165) is 24.5 Å². The number of methoxy groups -OCH3 is 1. The first-order valence-electron chi connectivity index (χ1n) is 5.62. The van der Waals surface area contributed by atoms with Crippen LogP contribution in [-0.2, 0) is 13.1 Å². The van der Waals surface area contributed by atoms with E-state index in [2.05, 4.69) is 34.6 Å². The Bertz CT molecular complexity index is 466. The minimum absolute atomic E-state index is 0.775. The number of H-pyrrole nitrogens is 1. The Hall–Kier alpha value is -1.81. The molecule has 1 aromatic carbocycles. The molecule has 0 aliphatic heterocycles. The van der Waals surface area contributed by atoms with Crippen molar-refractivity contribution in [3.63, 3.8) is 0 Å². The molecule has 0 aliphatic rings. The SMILES string of the molecule is COc1ccc(C)cc1CNCc1ccn[nH]1. The van der Waals surface area contributed by atoms with Crippen molar-refractivity contribution in [2.75, 3.05) is 7.11 Å². The van der Waals surface area contributed by atoms with E-state index in [1.807, 2.05) is 12.1 Å². The third-order valence-electron chi connectivity index (χ3n) is 2.63. The molecule has 0 bridgehead atoms. The van der Waals surface area contributed by atoms with Gasteiger partial charge in [0, 0.05) is 30.5 Å². The molecule has 0 atom stereocenters. The Morgan fingerprint density at radius 2 is 2.18 bits per heavy atom. The lowest BCUT2D eigenvalue weighted by atomic mass is 10.1. The van der Waals surface area contributed by atoms with Crippen molar-refractivity contribution in [2.24, 2.45) is 0 Å². The van der Waals surface area contributed by atoms with Gasteiger partial charge in [-0.25, -0.2) is 0 Å². The monoisotopic (exact) mass is 231 g/mol. The Morgan fingerprint density at radius 3 is 2.88 bits per heavy atom. The molecule has 0 amide bonds. The summed E-state index contributed by atoms with van der Waals surface area (Å²) in [7, 11) is 1.70. The van der Waals surface area contributed by atoms with Gasteiger partial charge in [0.1, 0.15) is 5.75 Å². The lowest BCUT2D eigenvalue weighted by molar-refractivity contribution is 0.407. The highest BCUT2D eigenvalue weighted by Crippen LogP contribution is 2.19. The first kappa shape index (κ1) is 11.7. The van der Waals surface area contributed by atoms with E-state index in [9.17, 15) is 0 Å². The maximum Gasteiger partial charge on any atom is 0.123 e. The summed E-state index contributed by atoms with van der Waals surface area (Å²) in [5.74, 6) is 0.924. The van der Waals surface area contributed by atoms with Gasteiger partial charge in [0.05, 0.1) is 7.11 Å². The molecule has 0 saturated heterocycles. The molecule has 2 rings (SSSR count). The van der Waals surface area contributed by atoms with Gasteiger partial charge in [-0.15, -0.1) is 0 Å². The van der Waals surface area contributed by atoms with Crippen molar-refractivity contribution in [1.82, 2.24) is 15.5 Å². The summed E-state index contributed by atoms with van der Waals surface area (Å²) in [5.41, 5.74) is 3.49. The highest BCUT2D eigenvalue weighted by molar-refractivity contribution is 5.36. The van der Waals surface area contributed by atoms with Crippen molar-refractivity contribution < 1.29 is 4.74 Å². The van der Waals surface area contributed by atoms with Gasteiger partial charge in [-0.3, -0.25) is 5.10 Å².